The van der Waals surface area contributed by atoms with Crippen molar-refractivity contribution in [2.45, 2.75) is 30.6 Å². The molecule has 0 unspecified atom stereocenters. The lowest BCUT2D eigenvalue weighted by Crippen LogP contribution is -2.31. The summed E-state index contributed by atoms with van der Waals surface area (Å²) in [5, 5.41) is 0.503. The van der Waals surface area contributed by atoms with Crippen LogP contribution in [-0.4, -0.2) is 28.0 Å². The van der Waals surface area contributed by atoms with Gasteiger partial charge in [0.15, 0.2) is 0 Å². The second-order valence-electron chi connectivity index (χ2n) is 7.02. The van der Waals surface area contributed by atoms with Gasteiger partial charge in [0.1, 0.15) is 0 Å². The first-order chi connectivity index (χ1) is 12.8. The van der Waals surface area contributed by atoms with Gasteiger partial charge in [0, 0.05) is 11.6 Å². The standard InChI is InChI=1S/C20H22ClNO4S/c1-26-19(23)12-15-2-4-16(5-3-15)13-20(10-11-20)14-22-27(24,25)18-8-6-17(21)7-9-18/h2-9,22H,10-14H2,1H3. The topological polar surface area (TPSA) is 72.5 Å². The number of ether oxygens (including phenoxy) is 1. The summed E-state index contributed by atoms with van der Waals surface area (Å²) in [6, 6.07) is 14.0. The van der Waals surface area contributed by atoms with E-state index in [-0.39, 0.29) is 22.7 Å². The zero-order chi connectivity index (χ0) is 19.5. The summed E-state index contributed by atoms with van der Waals surface area (Å²) in [4.78, 5) is 11.5. The summed E-state index contributed by atoms with van der Waals surface area (Å²) in [6.45, 7) is 0.405. The Morgan fingerprint density at radius 3 is 2.22 bits per heavy atom. The molecule has 2 aromatic carbocycles. The Morgan fingerprint density at radius 2 is 1.67 bits per heavy atom. The highest BCUT2D eigenvalue weighted by Gasteiger charge is 2.43. The fraction of sp³-hybridized carbons (Fsp3) is 0.350. The maximum Gasteiger partial charge on any atom is 0.309 e. The van der Waals surface area contributed by atoms with Crippen LogP contribution >= 0.6 is 11.6 Å². The molecule has 0 bridgehead atoms. The van der Waals surface area contributed by atoms with Crippen LogP contribution in [0.2, 0.25) is 5.02 Å². The van der Waals surface area contributed by atoms with E-state index in [9.17, 15) is 13.2 Å². The Labute approximate surface area is 164 Å². The monoisotopic (exact) mass is 407 g/mol. The number of benzene rings is 2. The second-order valence-corrected chi connectivity index (χ2v) is 9.23. The molecule has 144 valence electrons. The zero-order valence-corrected chi connectivity index (χ0v) is 16.6. The molecule has 0 spiro atoms. The highest BCUT2D eigenvalue weighted by atomic mass is 35.5. The molecule has 1 aliphatic rings. The lowest BCUT2D eigenvalue weighted by molar-refractivity contribution is -0.139. The van der Waals surface area contributed by atoms with Gasteiger partial charge in [-0.15, -0.1) is 0 Å². The first-order valence-electron chi connectivity index (χ1n) is 8.72. The van der Waals surface area contributed by atoms with Crippen molar-refractivity contribution < 1.29 is 17.9 Å². The van der Waals surface area contributed by atoms with Crippen molar-refractivity contribution in [1.29, 1.82) is 0 Å². The maximum atomic E-state index is 12.4. The van der Waals surface area contributed by atoms with Crippen LogP contribution in [0.15, 0.2) is 53.4 Å². The zero-order valence-electron chi connectivity index (χ0n) is 15.1. The van der Waals surface area contributed by atoms with Crippen molar-refractivity contribution in [2.24, 2.45) is 5.41 Å². The molecule has 0 atom stereocenters. The molecule has 2 aromatic rings. The Kier molecular flexibility index (Phi) is 5.89. The van der Waals surface area contributed by atoms with Gasteiger partial charge >= 0.3 is 5.97 Å². The van der Waals surface area contributed by atoms with Crippen molar-refractivity contribution >= 4 is 27.6 Å². The van der Waals surface area contributed by atoms with Crippen molar-refractivity contribution in [3.63, 3.8) is 0 Å². The molecule has 1 fully saturated rings. The minimum absolute atomic E-state index is 0.0383. The number of carbonyl (C=O) groups is 1. The molecule has 0 heterocycles. The van der Waals surface area contributed by atoms with E-state index in [0.717, 1.165) is 30.4 Å². The van der Waals surface area contributed by atoms with E-state index >= 15 is 0 Å². The van der Waals surface area contributed by atoms with Gasteiger partial charge in [-0.1, -0.05) is 35.9 Å². The third kappa shape index (κ3) is 5.31. The van der Waals surface area contributed by atoms with E-state index in [2.05, 4.69) is 9.46 Å². The quantitative estimate of drug-likeness (QED) is 0.681. The van der Waals surface area contributed by atoms with Gasteiger partial charge in [-0.3, -0.25) is 4.79 Å². The highest BCUT2D eigenvalue weighted by Crippen LogP contribution is 2.48. The fourth-order valence-corrected chi connectivity index (χ4v) is 4.27. The summed E-state index contributed by atoms with van der Waals surface area (Å²) in [5.41, 5.74) is 1.99. The van der Waals surface area contributed by atoms with Gasteiger partial charge < -0.3 is 4.74 Å². The highest BCUT2D eigenvalue weighted by molar-refractivity contribution is 7.89. The summed E-state index contributed by atoms with van der Waals surface area (Å²) in [6.07, 6.45) is 3.03. The SMILES string of the molecule is COC(=O)Cc1ccc(CC2(CNS(=O)(=O)c3ccc(Cl)cc3)CC2)cc1. The van der Waals surface area contributed by atoms with Crippen LogP contribution in [-0.2, 0) is 32.4 Å². The third-order valence-corrected chi connectivity index (χ3v) is 6.57. The number of rotatable bonds is 8. The lowest BCUT2D eigenvalue weighted by Gasteiger charge is -2.17. The molecule has 0 aromatic heterocycles. The van der Waals surface area contributed by atoms with Crippen LogP contribution in [0.25, 0.3) is 0 Å². The number of nitrogens with one attached hydrogen (secondary N) is 1. The van der Waals surface area contributed by atoms with E-state index in [1.807, 2.05) is 24.3 Å². The summed E-state index contributed by atoms with van der Waals surface area (Å²) in [7, 11) is -2.17. The Balaban J connectivity index is 1.59. The number of hydrogen-bond donors (Lipinski definition) is 1. The Bertz CT molecular complexity index is 904. The normalized spacial score (nSPS) is 15.3. The van der Waals surface area contributed by atoms with Gasteiger partial charge in [0.05, 0.1) is 18.4 Å². The first-order valence-corrected chi connectivity index (χ1v) is 10.6. The van der Waals surface area contributed by atoms with Gasteiger partial charge in [-0.05, 0) is 60.1 Å². The molecule has 3 rings (SSSR count). The summed E-state index contributed by atoms with van der Waals surface area (Å²) in [5.74, 6) is -0.266. The number of halogens is 1. The van der Waals surface area contributed by atoms with Crippen LogP contribution in [0.5, 0.6) is 0 Å². The molecule has 5 nitrogen and oxygen atoms in total. The minimum Gasteiger partial charge on any atom is -0.469 e. The summed E-state index contributed by atoms with van der Waals surface area (Å²) >= 11 is 5.82. The predicted molar refractivity (Wildman–Crippen MR) is 104 cm³/mol. The second kappa shape index (κ2) is 8.00. The molecular weight excluding hydrogens is 386 g/mol. The molecule has 27 heavy (non-hydrogen) atoms. The van der Waals surface area contributed by atoms with Crippen molar-refractivity contribution in [2.75, 3.05) is 13.7 Å². The molecule has 0 saturated heterocycles. The van der Waals surface area contributed by atoms with Crippen LogP contribution in [0.1, 0.15) is 24.0 Å². The first kappa shape index (κ1) is 19.9. The van der Waals surface area contributed by atoms with E-state index in [1.54, 1.807) is 12.1 Å². The van der Waals surface area contributed by atoms with Gasteiger partial charge in [-0.2, -0.15) is 0 Å². The van der Waals surface area contributed by atoms with Crippen LogP contribution in [0.3, 0.4) is 0 Å². The van der Waals surface area contributed by atoms with E-state index in [0.29, 0.717) is 11.6 Å². The smallest absolute Gasteiger partial charge is 0.309 e. The average Bonchev–Trinajstić information content (AvgIpc) is 3.42. The van der Waals surface area contributed by atoms with Gasteiger partial charge in [-0.25, -0.2) is 13.1 Å². The largest absolute Gasteiger partial charge is 0.469 e. The minimum atomic E-state index is -3.55. The molecule has 1 aliphatic carbocycles. The molecule has 0 amide bonds. The molecule has 0 radical (unpaired) electrons. The Morgan fingerprint density at radius 1 is 1.07 bits per heavy atom. The average molecular weight is 408 g/mol. The Hall–Kier alpha value is -1.89. The van der Waals surface area contributed by atoms with E-state index in [1.165, 1.54) is 19.2 Å². The van der Waals surface area contributed by atoms with Crippen molar-refractivity contribution in [3.05, 3.63) is 64.7 Å². The maximum absolute atomic E-state index is 12.4. The van der Waals surface area contributed by atoms with Gasteiger partial charge in [0.2, 0.25) is 10.0 Å². The van der Waals surface area contributed by atoms with Crippen LogP contribution < -0.4 is 4.72 Å². The molecular formula is C20H22ClNO4S. The number of hydrogen-bond acceptors (Lipinski definition) is 4. The lowest BCUT2D eigenvalue weighted by atomic mass is 9.96. The van der Waals surface area contributed by atoms with Gasteiger partial charge in [0.25, 0.3) is 0 Å². The number of esters is 1. The molecule has 1 saturated carbocycles. The number of sulfonamides is 1. The number of methoxy groups -OCH3 is 1. The van der Waals surface area contributed by atoms with Crippen LogP contribution in [0, 0.1) is 5.41 Å². The molecule has 7 heteroatoms. The van der Waals surface area contributed by atoms with Crippen LogP contribution in [0.4, 0.5) is 0 Å². The fourth-order valence-electron chi connectivity index (χ4n) is 2.98. The summed E-state index contributed by atoms with van der Waals surface area (Å²) < 4.78 is 32.3. The van der Waals surface area contributed by atoms with E-state index in [4.69, 9.17) is 11.6 Å². The van der Waals surface area contributed by atoms with E-state index < -0.39 is 10.0 Å². The molecule has 0 aliphatic heterocycles. The molecule has 1 N–H and O–H groups in total. The van der Waals surface area contributed by atoms with Crippen molar-refractivity contribution in [1.82, 2.24) is 4.72 Å². The number of carbonyl (C=O) groups excluding carboxylic acids is 1. The predicted octanol–water partition coefficient (Wildman–Crippen LogP) is 3.36. The third-order valence-electron chi connectivity index (χ3n) is 4.90. The van der Waals surface area contributed by atoms with Crippen molar-refractivity contribution in [3.8, 4) is 0 Å².